The van der Waals surface area contributed by atoms with Gasteiger partial charge in [0.25, 0.3) is 17.6 Å². The zero-order valence-electron chi connectivity index (χ0n) is 24.2. The number of carbonyl (C=O) groups excluding carboxylic acids is 3. The molecule has 4 aliphatic heterocycles. The summed E-state index contributed by atoms with van der Waals surface area (Å²) in [5.41, 5.74) is -1.20. The average molecular weight is 609 g/mol. The van der Waals surface area contributed by atoms with Crippen molar-refractivity contribution in [3.8, 4) is 0 Å². The van der Waals surface area contributed by atoms with Crippen molar-refractivity contribution in [2.45, 2.75) is 36.6 Å². The number of ketones is 1. The summed E-state index contributed by atoms with van der Waals surface area (Å²) in [6, 6.07) is 12.7. The van der Waals surface area contributed by atoms with Gasteiger partial charge in [-0.3, -0.25) is 19.3 Å². The van der Waals surface area contributed by atoms with Crippen molar-refractivity contribution in [3.05, 3.63) is 65.2 Å². The maximum absolute atomic E-state index is 14.4. The number of hydrogen-bond acceptors (Lipinski definition) is 8. The summed E-state index contributed by atoms with van der Waals surface area (Å²) < 4.78 is 33.8. The number of nitrogens with zero attached hydrogens (tertiary/aromatic N) is 4. The summed E-state index contributed by atoms with van der Waals surface area (Å²) >= 11 is 0. The number of fused-ring (bicyclic) bond motifs is 2. The number of amides is 2. The summed E-state index contributed by atoms with van der Waals surface area (Å²) in [7, 11) is -3.85. The van der Waals surface area contributed by atoms with Gasteiger partial charge in [0.15, 0.2) is 5.54 Å². The van der Waals surface area contributed by atoms with Crippen LogP contribution >= 0.6 is 0 Å². The Balaban J connectivity index is 1.50. The molecule has 3 saturated heterocycles. The fourth-order valence-corrected chi connectivity index (χ4v) is 8.31. The summed E-state index contributed by atoms with van der Waals surface area (Å²) in [6.45, 7) is 5.79. The minimum Gasteiger partial charge on any atom is -0.507 e. The Bertz CT molecular complexity index is 1590. The molecule has 3 fully saturated rings. The number of piperidine rings is 1. The fraction of sp³-hybridized carbons (Fsp3) is 0.452. The van der Waals surface area contributed by atoms with Gasteiger partial charge >= 0.3 is 0 Å². The van der Waals surface area contributed by atoms with Crippen molar-refractivity contribution in [2.75, 3.05) is 63.9 Å². The molecule has 2 aromatic carbocycles. The van der Waals surface area contributed by atoms with E-state index in [9.17, 15) is 27.9 Å². The predicted molar refractivity (Wildman–Crippen MR) is 159 cm³/mol. The summed E-state index contributed by atoms with van der Waals surface area (Å²) in [4.78, 5) is 47.0. The third-order valence-electron chi connectivity index (χ3n) is 8.93. The molecule has 6 rings (SSSR count). The molecule has 0 saturated carbocycles. The number of anilines is 1. The van der Waals surface area contributed by atoms with Crippen LogP contribution in [0.5, 0.6) is 0 Å². The Morgan fingerprint density at radius 3 is 2.37 bits per heavy atom. The molecule has 228 valence electrons. The molecule has 43 heavy (non-hydrogen) atoms. The van der Waals surface area contributed by atoms with Crippen LogP contribution in [0.1, 0.15) is 37.3 Å². The second kappa shape index (κ2) is 11.5. The Labute approximate surface area is 251 Å². The lowest BCUT2D eigenvalue weighted by Gasteiger charge is -2.36. The van der Waals surface area contributed by atoms with Gasteiger partial charge in [-0.15, -0.1) is 0 Å². The number of carbonyl (C=O) groups is 3. The Kier molecular flexibility index (Phi) is 7.88. The number of morpholine rings is 1. The molecule has 0 aliphatic carbocycles. The number of likely N-dealkylation sites (N-methyl/N-ethyl adjacent to an activating group) is 1. The molecular formula is C31H36N4O7S. The lowest BCUT2D eigenvalue weighted by atomic mass is 9.82. The highest BCUT2D eigenvalue weighted by Crippen LogP contribution is 2.53. The van der Waals surface area contributed by atoms with Gasteiger partial charge in [0.05, 0.1) is 29.4 Å². The van der Waals surface area contributed by atoms with Gasteiger partial charge in [0.2, 0.25) is 10.0 Å². The number of ether oxygens (including phenoxy) is 1. The van der Waals surface area contributed by atoms with Gasteiger partial charge in [-0.25, -0.2) is 8.42 Å². The average Bonchev–Trinajstić information content (AvgIpc) is 3.42. The van der Waals surface area contributed by atoms with E-state index in [2.05, 4.69) is 4.90 Å². The van der Waals surface area contributed by atoms with Crippen LogP contribution in [0.2, 0.25) is 0 Å². The second-order valence-corrected chi connectivity index (χ2v) is 13.2. The molecule has 2 aromatic rings. The van der Waals surface area contributed by atoms with Crippen LogP contribution in [0.4, 0.5) is 5.69 Å². The predicted octanol–water partition coefficient (Wildman–Crippen LogP) is 2.14. The van der Waals surface area contributed by atoms with Gasteiger partial charge < -0.3 is 19.6 Å². The Morgan fingerprint density at radius 1 is 0.930 bits per heavy atom. The molecule has 11 nitrogen and oxygen atoms in total. The SMILES string of the molecule is CCN1C(=O)C2(/C(=C(/O)c3cccc(S(=O)(=O)N4CCCCC4)c3)C(=O)C(=O)N2CCN2CCOCC2)c2ccccc21. The maximum Gasteiger partial charge on any atom is 0.296 e. The number of Topliss-reactive ketones (excluding diaryl/α,β-unsaturated/α-hetero) is 1. The third kappa shape index (κ3) is 4.67. The van der Waals surface area contributed by atoms with Crippen molar-refractivity contribution < 1.29 is 32.6 Å². The largest absolute Gasteiger partial charge is 0.507 e. The monoisotopic (exact) mass is 608 g/mol. The number of hydrogen-bond donors (Lipinski definition) is 1. The number of likely N-dealkylation sites (tertiary alicyclic amines) is 1. The molecule has 1 atom stereocenters. The highest BCUT2D eigenvalue weighted by molar-refractivity contribution is 7.89. The number of para-hydroxylation sites is 1. The number of sulfonamides is 1. The molecule has 12 heteroatoms. The highest BCUT2D eigenvalue weighted by atomic mass is 32.2. The summed E-state index contributed by atoms with van der Waals surface area (Å²) in [6.07, 6.45) is 2.50. The minimum absolute atomic E-state index is 0.0256. The van der Waals surface area contributed by atoms with Crippen LogP contribution in [0.15, 0.2) is 59.0 Å². The molecule has 0 bridgehead atoms. The van der Waals surface area contributed by atoms with Gasteiger partial charge in [-0.1, -0.05) is 36.8 Å². The molecule has 4 aliphatic rings. The first-order valence-electron chi connectivity index (χ1n) is 14.8. The molecule has 1 N–H and O–H groups in total. The van der Waals surface area contributed by atoms with E-state index in [-0.39, 0.29) is 29.1 Å². The van der Waals surface area contributed by atoms with Crippen molar-refractivity contribution >= 4 is 39.1 Å². The highest BCUT2D eigenvalue weighted by Gasteiger charge is 2.66. The van der Waals surface area contributed by atoms with E-state index in [0.29, 0.717) is 57.2 Å². The number of benzene rings is 2. The van der Waals surface area contributed by atoms with Gasteiger partial charge in [-0.2, -0.15) is 4.31 Å². The van der Waals surface area contributed by atoms with E-state index < -0.39 is 38.9 Å². The lowest BCUT2D eigenvalue weighted by Crippen LogP contribution is -2.54. The third-order valence-corrected chi connectivity index (χ3v) is 10.8. The smallest absolute Gasteiger partial charge is 0.296 e. The van der Waals surface area contributed by atoms with E-state index in [1.807, 2.05) is 6.92 Å². The van der Waals surface area contributed by atoms with Crippen LogP contribution in [0, 0.1) is 0 Å². The summed E-state index contributed by atoms with van der Waals surface area (Å²) in [5, 5.41) is 11.8. The molecular weight excluding hydrogens is 572 g/mol. The number of rotatable bonds is 7. The molecule has 1 unspecified atom stereocenters. The van der Waals surface area contributed by atoms with Crippen LogP contribution < -0.4 is 4.90 Å². The fourth-order valence-electron chi connectivity index (χ4n) is 6.75. The van der Waals surface area contributed by atoms with E-state index in [1.54, 1.807) is 24.3 Å². The van der Waals surface area contributed by atoms with Crippen LogP contribution in [-0.2, 0) is 34.7 Å². The zero-order chi connectivity index (χ0) is 30.4. The topological polar surface area (TPSA) is 128 Å². The molecule has 0 aromatic heterocycles. The lowest BCUT2D eigenvalue weighted by molar-refractivity contribution is -0.144. The first-order valence-corrected chi connectivity index (χ1v) is 16.3. The van der Waals surface area contributed by atoms with E-state index in [4.69, 9.17) is 4.74 Å². The van der Waals surface area contributed by atoms with E-state index >= 15 is 0 Å². The van der Waals surface area contributed by atoms with Gasteiger partial charge in [0, 0.05) is 56.9 Å². The molecule has 1 spiro atoms. The second-order valence-electron chi connectivity index (χ2n) is 11.2. The normalized spacial score (nSPS) is 24.7. The molecule has 4 heterocycles. The molecule has 0 radical (unpaired) electrons. The standard InChI is InChI=1S/C31H36N4O7S/c1-2-34-25-12-5-4-11-24(25)31(30(34)39)26(28(37)29(38)35(31)16-15-32-17-19-42-20-18-32)27(36)22-9-8-10-23(21-22)43(40,41)33-13-6-3-7-14-33/h4-5,8-12,21,36H,2-3,6-7,13-20H2,1H3/b27-26+. The Morgan fingerprint density at radius 2 is 1.65 bits per heavy atom. The van der Waals surface area contributed by atoms with Crippen molar-refractivity contribution in [1.29, 1.82) is 0 Å². The van der Waals surface area contributed by atoms with E-state index in [0.717, 1.165) is 19.3 Å². The van der Waals surface area contributed by atoms with E-state index in [1.165, 1.54) is 38.4 Å². The number of aliphatic hydroxyl groups is 1. The van der Waals surface area contributed by atoms with Crippen LogP contribution in [0.3, 0.4) is 0 Å². The van der Waals surface area contributed by atoms with Gasteiger partial charge in [-0.05, 0) is 38.0 Å². The van der Waals surface area contributed by atoms with Crippen LogP contribution in [0.25, 0.3) is 5.76 Å². The first kappa shape index (κ1) is 29.5. The maximum atomic E-state index is 14.4. The number of aliphatic hydroxyl groups excluding tert-OH is 1. The van der Waals surface area contributed by atoms with Crippen LogP contribution in [-0.4, -0.2) is 104 Å². The van der Waals surface area contributed by atoms with Crippen molar-refractivity contribution in [3.63, 3.8) is 0 Å². The molecule has 2 amide bonds. The van der Waals surface area contributed by atoms with Gasteiger partial charge in [0.1, 0.15) is 5.76 Å². The van der Waals surface area contributed by atoms with Crippen molar-refractivity contribution in [1.82, 2.24) is 14.1 Å². The zero-order valence-corrected chi connectivity index (χ0v) is 25.0. The summed E-state index contributed by atoms with van der Waals surface area (Å²) in [5.74, 6) is -2.95. The quantitative estimate of drug-likeness (QED) is 0.288. The minimum atomic E-state index is -3.85. The van der Waals surface area contributed by atoms with Crippen molar-refractivity contribution in [2.24, 2.45) is 0 Å². The Hall–Kier alpha value is -3.58. The first-order chi connectivity index (χ1) is 20.7.